The molecule has 2 heterocycles. The summed E-state index contributed by atoms with van der Waals surface area (Å²) in [7, 11) is 2.23. The van der Waals surface area contributed by atoms with Crippen LogP contribution in [0.5, 0.6) is 0 Å². The zero-order valence-electron chi connectivity index (χ0n) is 10.4. The molecule has 0 N–H and O–H groups in total. The Morgan fingerprint density at radius 1 is 1.17 bits per heavy atom. The van der Waals surface area contributed by atoms with E-state index in [9.17, 15) is 0 Å². The zero-order valence-corrected chi connectivity index (χ0v) is 13.7. The number of likely N-dealkylation sites (N-methyl/N-ethyl adjacent to an activating group) is 1. The van der Waals surface area contributed by atoms with E-state index in [1.54, 1.807) is 0 Å². The van der Waals surface area contributed by atoms with Crippen LogP contribution in [0.2, 0.25) is 0 Å². The number of piperazine rings is 1. The first-order valence-electron chi connectivity index (χ1n) is 5.95. The number of fused-ring (bicyclic) bond motifs is 3. The molecule has 1 atom stereocenters. The number of halogens is 3. The van der Waals surface area contributed by atoms with Gasteiger partial charge in [0, 0.05) is 36.7 Å². The molecule has 5 heteroatoms. The van der Waals surface area contributed by atoms with Crippen LogP contribution < -0.4 is 0 Å². The van der Waals surface area contributed by atoms with Gasteiger partial charge in [-0.2, -0.15) is 0 Å². The standard InChI is InChI=1S/C13H17BrN2.2ClH/c1-15-7-8-16-6-5-10-11(13(16)9-15)3-2-4-12(10)14;;/h2-4,13H,5-9H2,1H3;2*1H. The molecule has 0 radical (unpaired) electrons. The topological polar surface area (TPSA) is 6.48 Å². The number of hydrogen-bond donors (Lipinski definition) is 0. The molecule has 2 aliphatic rings. The Hall–Kier alpha value is 0.200. The Morgan fingerprint density at radius 3 is 2.72 bits per heavy atom. The molecule has 0 spiro atoms. The monoisotopic (exact) mass is 352 g/mol. The van der Waals surface area contributed by atoms with Crippen LogP contribution in [0.15, 0.2) is 22.7 Å². The Bertz CT molecular complexity index is 414. The minimum atomic E-state index is 0. The summed E-state index contributed by atoms with van der Waals surface area (Å²) in [6, 6.07) is 7.25. The van der Waals surface area contributed by atoms with Crippen molar-refractivity contribution in [2.75, 3.05) is 33.2 Å². The summed E-state index contributed by atoms with van der Waals surface area (Å²) in [5.74, 6) is 0. The SMILES string of the molecule is CN1CCN2CCc3c(Br)cccc3C2C1.Cl.Cl. The fraction of sp³-hybridized carbons (Fsp3) is 0.538. The van der Waals surface area contributed by atoms with Crippen LogP contribution in [0, 0.1) is 0 Å². The van der Waals surface area contributed by atoms with Gasteiger partial charge in [-0.25, -0.2) is 0 Å². The van der Waals surface area contributed by atoms with Crippen molar-refractivity contribution in [3.8, 4) is 0 Å². The predicted molar refractivity (Wildman–Crippen MR) is 84.2 cm³/mol. The van der Waals surface area contributed by atoms with Crippen LogP contribution in [-0.2, 0) is 6.42 Å². The number of benzene rings is 1. The van der Waals surface area contributed by atoms with Crippen molar-refractivity contribution in [1.29, 1.82) is 0 Å². The first-order valence-corrected chi connectivity index (χ1v) is 6.75. The van der Waals surface area contributed by atoms with Crippen LogP contribution in [0.25, 0.3) is 0 Å². The van der Waals surface area contributed by atoms with Gasteiger partial charge in [0.25, 0.3) is 0 Å². The van der Waals surface area contributed by atoms with Crippen molar-refractivity contribution in [2.24, 2.45) is 0 Å². The second-order valence-corrected chi connectivity index (χ2v) is 5.73. The predicted octanol–water partition coefficient (Wildman–Crippen LogP) is 3.14. The minimum absolute atomic E-state index is 0. The molecular weight excluding hydrogens is 335 g/mol. The van der Waals surface area contributed by atoms with Crippen molar-refractivity contribution >= 4 is 40.7 Å². The van der Waals surface area contributed by atoms with E-state index in [4.69, 9.17) is 0 Å². The van der Waals surface area contributed by atoms with Gasteiger partial charge in [0.05, 0.1) is 0 Å². The summed E-state index contributed by atoms with van der Waals surface area (Å²) in [5, 5.41) is 0. The third-order valence-corrected chi connectivity index (χ3v) is 4.60. The van der Waals surface area contributed by atoms with E-state index in [1.807, 2.05) is 0 Å². The van der Waals surface area contributed by atoms with E-state index in [0.29, 0.717) is 6.04 Å². The Labute approximate surface area is 130 Å². The van der Waals surface area contributed by atoms with Crippen LogP contribution in [0.4, 0.5) is 0 Å². The molecule has 1 aromatic rings. The molecule has 3 rings (SSSR count). The van der Waals surface area contributed by atoms with Gasteiger partial charge < -0.3 is 4.90 Å². The molecule has 1 fully saturated rings. The average Bonchev–Trinajstić information content (AvgIpc) is 2.29. The summed E-state index contributed by atoms with van der Waals surface area (Å²) in [4.78, 5) is 5.08. The molecule has 0 saturated carbocycles. The molecule has 18 heavy (non-hydrogen) atoms. The quantitative estimate of drug-likeness (QED) is 0.707. The van der Waals surface area contributed by atoms with Crippen molar-refractivity contribution < 1.29 is 0 Å². The summed E-state index contributed by atoms with van der Waals surface area (Å²) >= 11 is 3.68. The van der Waals surface area contributed by atoms with Gasteiger partial charge >= 0.3 is 0 Å². The lowest BCUT2D eigenvalue weighted by Gasteiger charge is -2.44. The lowest BCUT2D eigenvalue weighted by molar-refractivity contribution is 0.0824. The maximum Gasteiger partial charge on any atom is 0.0478 e. The average molecular weight is 354 g/mol. The van der Waals surface area contributed by atoms with Gasteiger partial charge in [0.15, 0.2) is 0 Å². The zero-order chi connectivity index (χ0) is 11.1. The van der Waals surface area contributed by atoms with Gasteiger partial charge in [-0.1, -0.05) is 28.1 Å². The van der Waals surface area contributed by atoms with E-state index >= 15 is 0 Å². The number of rotatable bonds is 0. The summed E-state index contributed by atoms with van der Waals surface area (Å²) in [6.45, 7) is 4.81. The molecule has 0 aliphatic carbocycles. The molecule has 0 bridgehead atoms. The van der Waals surface area contributed by atoms with E-state index < -0.39 is 0 Å². The highest BCUT2D eigenvalue weighted by atomic mass is 79.9. The molecule has 0 amide bonds. The first kappa shape index (κ1) is 16.3. The van der Waals surface area contributed by atoms with Gasteiger partial charge in [0.2, 0.25) is 0 Å². The maximum atomic E-state index is 3.68. The highest BCUT2D eigenvalue weighted by Gasteiger charge is 2.31. The highest BCUT2D eigenvalue weighted by molar-refractivity contribution is 9.10. The largest absolute Gasteiger partial charge is 0.303 e. The second kappa shape index (κ2) is 6.58. The summed E-state index contributed by atoms with van der Waals surface area (Å²) in [5.41, 5.74) is 3.06. The molecule has 102 valence electrons. The van der Waals surface area contributed by atoms with Crippen molar-refractivity contribution in [2.45, 2.75) is 12.5 Å². The fourth-order valence-corrected chi connectivity index (χ4v) is 3.51. The lowest BCUT2D eigenvalue weighted by Crippen LogP contribution is -2.49. The van der Waals surface area contributed by atoms with Gasteiger partial charge in [-0.05, 0) is 30.7 Å². The third kappa shape index (κ3) is 2.86. The van der Waals surface area contributed by atoms with Crippen molar-refractivity contribution in [3.05, 3.63) is 33.8 Å². The van der Waals surface area contributed by atoms with Crippen molar-refractivity contribution in [3.63, 3.8) is 0 Å². The minimum Gasteiger partial charge on any atom is -0.303 e. The van der Waals surface area contributed by atoms with Gasteiger partial charge in [-0.15, -0.1) is 24.8 Å². The molecular formula is C13H19BrCl2N2. The molecule has 0 aromatic heterocycles. The second-order valence-electron chi connectivity index (χ2n) is 4.87. The number of hydrogen-bond acceptors (Lipinski definition) is 2. The van der Waals surface area contributed by atoms with E-state index in [0.717, 1.165) is 0 Å². The summed E-state index contributed by atoms with van der Waals surface area (Å²) < 4.78 is 1.29. The van der Waals surface area contributed by atoms with E-state index in [1.165, 1.54) is 48.2 Å². The third-order valence-electron chi connectivity index (χ3n) is 3.86. The normalized spacial score (nSPS) is 23.3. The molecule has 2 aliphatic heterocycles. The highest BCUT2D eigenvalue weighted by Crippen LogP contribution is 2.35. The van der Waals surface area contributed by atoms with Gasteiger partial charge in [-0.3, -0.25) is 4.90 Å². The van der Waals surface area contributed by atoms with Gasteiger partial charge in [0.1, 0.15) is 0 Å². The Balaban J connectivity index is 0.000000810. The molecule has 1 saturated heterocycles. The van der Waals surface area contributed by atoms with E-state index in [-0.39, 0.29) is 24.8 Å². The first-order chi connectivity index (χ1) is 7.75. The summed E-state index contributed by atoms with van der Waals surface area (Å²) in [6.07, 6.45) is 1.19. The van der Waals surface area contributed by atoms with Crippen LogP contribution in [0.3, 0.4) is 0 Å². The fourth-order valence-electron chi connectivity index (χ4n) is 2.93. The lowest BCUT2D eigenvalue weighted by atomic mass is 9.91. The number of nitrogens with zero attached hydrogens (tertiary/aromatic N) is 2. The molecule has 1 unspecified atom stereocenters. The molecule has 2 nitrogen and oxygen atoms in total. The Morgan fingerprint density at radius 2 is 1.94 bits per heavy atom. The van der Waals surface area contributed by atoms with Crippen molar-refractivity contribution in [1.82, 2.24) is 9.80 Å². The maximum absolute atomic E-state index is 3.68. The van der Waals surface area contributed by atoms with Crippen LogP contribution >= 0.6 is 40.7 Å². The van der Waals surface area contributed by atoms with Crippen LogP contribution in [-0.4, -0.2) is 43.0 Å². The molecule has 1 aromatic carbocycles. The Kier molecular flexibility index (Phi) is 5.94. The van der Waals surface area contributed by atoms with Crippen LogP contribution in [0.1, 0.15) is 17.2 Å². The smallest absolute Gasteiger partial charge is 0.0478 e. The van der Waals surface area contributed by atoms with E-state index in [2.05, 4.69) is 51.0 Å².